The van der Waals surface area contributed by atoms with Crippen LogP contribution in [0.25, 0.3) is 0 Å². The van der Waals surface area contributed by atoms with Gasteiger partial charge in [-0.25, -0.2) is 0 Å². The molecule has 2 nitrogen and oxygen atoms in total. The van der Waals surface area contributed by atoms with Crippen molar-refractivity contribution in [1.29, 1.82) is 0 Å². The molecule has 0 aliphatic rings. The van der Waals surface area contributed by atoms with Crippen LogP contribution in [0.1, 0.15) is 20.3 Å². The normalized spacial score (nSPS) is 13.4. The van der Waals surface area contributed by atoms with Gasteiger partial charge in [0.2, 0.25) is 0 Å². The number of hydrogen-bond donors (Lipinski definition) is 1. The van der Waals surface area contributed by atoms with E-state index in [0.717, 1.165) is 6.42 Å². The van der Waals surface area contributed by atoms with Crippen LogP contribution in [0.2, 0.25) is 0 Å². The van der Waals surface area contributed by atoms with Crippen molar-refractivity contribution in [3.05, 3.63) is 0 Å². The summed E-state index contributed by atoms with van der Waals surface area (Å²) in [5, 5.41) is 8.29. The van der Waals surface area contributed by atoms with Gasteiger partial charge < -0.3 is 5.11 Å². The van der Waals surface area contributed by atoms with Crippen molar-refractivity contribution in [2.75, 3.05) is 6.61 Å². The van der Waals surface area contributed by atoms with E-state index in [1.165, 1.54) is 0 Å². The second-order valence-electron chi connectivity index (χ2n) is 1.93. The maximum absolute atomic E-state index is 10.5. The van der Waals surface area contributed by atoms with E-state index in [0.29, 0.717) is 0 Å². The number of hydrogen-bond acceptors (Lipinski definition) is 2. The summed E-state index contributed by atoms with van der Waals surface area (Å²) in [7, 11) is 0. The van der Waals surface area contributed by atoms with Gasteiger partial charge in [0.15, 0.2) is 5.78 Å². The number of aliphatic hydroxyl groups is 1. The highest BCUT2D eigenvalue weighted by Gasteiger charge is 2.06. The molecule has 0 aliphatic heterocycles. The van der Waals surface area contributed by atoms with Crippen LogP contribution >= 0.6 is 0 Å². The zero-order chi connectivity index (χ0) is 6.57. The van der Waals surface area contributed by atoms with E-state index < -0.39 is 0 Å². The van der Waals surface area contributed by atoms with Crippen molar-refractivity contribution >= 4 is 5.78 Å². The standard InChI is InChI=1S/C6H12O2/c1-3-5(2)6(8)4-7/h5,7H,3-4H2,1-2H3. The monoisotopic (exact) mass is 116 g/mol. The lowest BCUT2D eigenvalue weighted by atomic mass is 10.1. The van der Waals surface area contributed by atoms with Crippen molar-refractivity contribution < 1.29 is 9.90 Å². The minimum Gasteiger partial charge on any atom is -0.389 e. The number of carbonyl (C=O) groups is 1. The van der Waals surface area contributed by atoms with Crippen LogP contribution in [-0.2, 0) is 4.79 Å². The molecule has 1 unspecified atom stereocenters. The summed E-state index contributed by atoms with van der Waals surface area (Å²) < 4.78 is 0. The molecule has 0 aromatic carbocycles. The highest BCUT2D eigenvalue weighted by Crippen LogP contribution is 1.99. The molecule has 0 aromatic heterocycles. The fraction of sp³-hybridized carbons (Fsp3) is 0.833. The molecule has 0 amide bonds. The predicted octanol–water partition coefficient (Wildman–Crippen LogP) is 0.594. The molecule has 0 aromatic rings. The lowest BCUT2D eigenvalue weighted by Crippen LogP contribution is -2.13. The maximum Gasteiger partial charge on any atom is 0.160 e. The third-order valence-corrected chi connectivity index (χ3v) is 1.32. The molecule has 0 bridgehead atoms. The first-order valence-electron chi connectivity index (χ1n) is 2.86. The van der Waals surface area contributed by atoms with Crippen LogP contribution < -0.4 is 0 Å². The average Bonchev–Trinajstić information content (AvgIpc) is 1.84. The van der Waals surface area contributed by atoms with E-state index in [2.05, 4.69) is 0 Å². The Morgan fingerprint density at radius 2 is 2.25 bits per heavy atom. The zero-order valence-corrected chi connectivity index (χ0v) is 5.35. The van der Waals surface area contributed by atoms with Gasteiger partial charge in [-0.05, 0) is 6.42 Å². The maximum atomic E-state index is 10.5. The van der Waals surface area contributed by atoms with Crippen molar-refractivity contribution in [3.8, 4) is 0 Å². The molecule has 1 N–H and O–H groups in total. The van der Waals surface area contributed by atoms with Gasteiger partial charge in [0.25, 0.3) is 0 Å². The molecule has 0 fully saturated rings. The molecule has 0 spiro atoms. The molecule has 1 atom stereocenters. The fourth-order valence-corrected chi connectivity index (χ4v) is 0.384. The van der Waals surface area contributed by atoms with Crippen LogP contribution in [-0.4, -0.2) is 17.5 Å². The Hall–Kier alpha value is -0.370. The summed E-state index contributed by atoms with van der Waals surface area (Å²) in [4.78, 5) is 10.5. The summed E-state index contributed by atoms with van der Waals surface area (Å²) >= 11 is 0. The molecule has 48 valence electrons. The molecular weight excluding hydrogens is 104 g/mol. The summed E-state index contributed by atoms with van der Waals surface area (Å²) in [6.45, 7) is 3.44. The molecule has 2 heteroatoms. The van der Waals surface area contributed by atoms with Gasteiger partial charge in [-0.1, -0.05) is 13.8 Å². The number of aliphatic hydroxyl groups excluding tert-OH is 1. The summed E-state index contributed by atoms with van der Waals surface area (Å²) in [6.07, 6.45) is 0.819. The third kappa shape index (κ3) is 2.07. The highest BCUT2D eigenvalue weighted by molar-refractivity contribution is 5.81. The molecular formula is C6H12O2. The minimum atomic E-state index is -0.311. The summed E-state index contributed by atoms with van der Waals surface area (Å²) in [5.41, 5.74) is 0. The van der Waals surface area contributed by atoms with Crippen LogP contribution in [0.4, 0.5) is 0 Å². The van der Waals surface area contributed by atoms with E-state index in [-0.39, 0.29) is 18.3 Å². The largest absolute Gasteiger partial charge is 0.389 e. The quantitative estimate of drug-likeness (QED) is 0.586. The highest BCUT2D eigenvalue weighted by atomic mass is 16.3. The Labute approximate surface area is 49.5 Å². The fourth-order valence-electron chi connectivity index (χ4n) is 0.384. The van der Waals surface area contributed by atoms with Gasteiger partial charge in [-0.15, -0.1) is 0 Å². The Kier molecular flexibility index (Phi) is 3.44. The molecule has 0 saturated heterocycles. The van der Waals surface area contributed by atoms with E-state index in [1.54, 1.807) is 0 Å². The molecule has 0 heterocycles. The second-order valence-corrected chi connectivity index (χ2v) is 1.93. The smallest absolute Gasteiger partial charge is 0.160 e. The van der Waals surface area contributed by atoms with Crippen LogP contribution in [0.3, 0.4) is 0 Å². The van der Waals surface area contributed by atoms with Crippen LogP contribution in [0, 0.1) is 5.92 Å². The molecule has 0 radical (unpaired) electrons. The Morgan fingerprint density at radius 3 is 2.38 bits per heavy atom. The molecule has 8 heavy (non-hydrogen) atoms. The molecule has 0 saturated carbocycles. The third-order valence-electron chi connectivity index (χ3n) is 1.32. The van der Waals surface area contributed by atoms with E-state index >= 15 is 0 Å². The topological polar surface area (TPSA) is 37.3 Å². The van der Waals surface area contributed by atoms with Crippen molar-refractivity contribution in [2.45, 2.75) is 20.3 Å². The number of ketones is 1. The second kappa shape index (κ2) is 3.61. The Bertz CT molecular complexity index is 78.6. The molecule has 0 aliphatic carbocycles. The Morgan fingerprint density at radius 1 is 1.75 bits per heavy atom. The van der Waals surface area contributed by atoms with E-state index in [4.69, 9.17) is 5.11 Å². The average molecular weight is 116 g/mol. The van der Waals surface area contributed by atoms with Crippen LogP contribution in [0.15, 0.2) is 0 Å². The number of Topliss-reactive ketones (excluding diaryl/α,β-unsaturated/α-hetero) is 1. The van der Waals surface area contributed by atoms with Gasteiger partial charge in [0.1, 0.15) is 6.61 Å². The van der Waals surface area contributed by atoms with Gasteiger partial charge in [0, 0.05) is 5.92 Å². The zero-order valence-electron chi connectivity index (χ0n) is 5.35. The van der Waals surface area contributed by atoms with Crippen molar-refractivity contribution in [1.82, 2.24) is 0 Å². The Balaban J connectivity index is 3.46. The molecule has 0 rings (SSSR count). The van der Waals surface area contributed by atoms with Gasteiger partial charge in [-0.2, -0.15) is 0 Å². The number of rotatable bonds is 3. The van der Waals surface area contributed by atoms with Crippen molar-refractivity contribution in [2.24, 2.45) is 5.92 Å². The van der Waals surface area contributed by atoms with Gasteiger partial charge in [0.05, 0.1) is 0 Å². The first-order chi connectivity index (χ1) is 3.72. The predicted molar refractivity (Wildman–Crippen MR) is 31.5 cm³/mol. The summed E-state index contributed by atoms with van der Waals surface area (Å²) in [6, 6.07) is 0. The lowest BCUT2D eigenvalue weighted by molar-refractivity contribution is -0.125. The minimum absolute atomic E-state index is 0.0278. The van der Waals surface area contributed by atoms with Crippen LogP contribution in [0.5, 0.6) is 0 Å². The van der Waals surface area contributed by atoms with E-state index in [1.807, 2.05) is 13.8 Å². The van der Waals surface area contributed by atoms with Crippen molar-refractivity contribution in [3.63, 3.8) is 0 Å². The number of carbonyl (C=O) groups excluding carboxylic acids is 1. The first-order valence-corrected chi connectivity index (χ1v) is 2.86. The SMILES string of the molecule is CCC(C)C(=O)CO. The van der Waals surface area contributed by atoms with Gasteiger partial charge >= 0.3 is 0 Å². The summed E-state index contributed by atoms with van der Waals surface area (Å²) in [5.74, 6) is -0.0347. The first kappa shape index (κ1) is 7.63. The van der Waals surface area contributed by atoms with Gasteiger partial charge in [-0.3, -0.25) is 4.79 Å². The lowest BCUT2D eigenvalue weighted by Gasteiger charge is -2.01. The van der Waals surface area contributed by atoms with E-state index in [9.17, 15) is 4.79 Å².